The number of anilines is 1. The van der Waals surface area contributed by atoms with Crippen LogP contribution in [-0.4, -0.2) is 29.6 Å². The first-order valence-corrected chi connectivity index (χ1v) is 6.47. The van der Waals surface area contributed by atoms with Crippen LogP contribution in [0.5, 0.6) is 0 Å². The monoisotopic (exact) mass is 223 g/mol. The van der Waals surface area contributed by atoms with E-state index < -0.39 is 0 Å². The summed E-state index contributed by atoms with van der Waals surface area (Å²) in [7, 11) is 0. The second-order valence-electron chi connectivity index (χ2n) is 3.83. The molecule has 1 aromatic heterocycles. The van der Waals surface area contributed by atoms with Gasteiger partial charge in [-0.2, -0.15) is 11.8 Å². The smallest absolute Gasteiger partial charge is 0.0569 e. The zero-order valence-electron chi connectivity index (χ0n) is 9.02. The maximum atomic E-state index is 5.76. The van der Waals surface area contributed by atoms with E-state index in [0.29, 0.717) is 0 Å². The highest BCUT2D eigenvalue weighted by Crippen LogP contribution is 2.19. The Morgan fingerprint density at radius 3 is 2.67 bits per heavy atom. The van der Waals surface area contributed by atoms with Crippen molar-refractivity contribution < 1.29 is 0 Å². The third-order valence-electron chi connectivity index (χ3n) is 2.61. The van der Waals surface area contributed by atoms with Crippen LogP contribution >= 0.6 is 11.8 Å². The zero-order valence-corrected chi connectivity index (χ0v) is 9.83. The van der Waals surface area contributed by atoms with Crippen LogP contribution in [0, 0.1) is 0 Å². The Morgan fingerprint density at radius 2 is 2.13 bits per heavy atom. The summed E-state index contributed by atoms with van der Waals surface area (Å²) in [6, 6.07) is 4.18. The van der Waals surface area contributed by atoms with E-state index in [2.05, 4.69) is 16.0 Å². The lowest BCUT2D eigenvalue weighted by Crippen LogP contribution is -2.32. The van der Waals surface area contributed by atoms with Crippen molar-refractivity contribution in [3.8, 4) is 0 Å². The van der Waals surface area contributed by atoms with Gasteiger partial charge in [0.15, 0.2) is 0 Å². The second-order valence-corrected chi connectivity index (χ2v) is 5.05. The number of hydrogen-bond acceptors (Lipinski definition) is 4. The van der Waals surface area contributed by atoms with Gasteiger partial charge in [-0.1, -0.05) is 0 Å². The highest BCUT2D eigenvalue weighted by molar-refractivity contribution is 7.99. The van der Waals surface area contributed by atoms with Crippen molar-refractivity contribution in [2.45, 2.75) is 13.0 Å². The Bertz CT molecular complexity index is 304. The number of pyridine rings is 1. The number of aromatic nitrogens is 1. The lowest BCUT2D eigenvalue weighted by atomic mass is 10.2. The van der Waals surface area contributed by atoms with E-state index in [1.165, 1.54) is 17.2 Å². The van der Waals surface area contributed by atoms with E-state index in [1.807, 2.05) is 30.9 Å². The summed E-state index contributed by atoms with van der Waals surface area (Å²) < 4.78 is 0. The molecule has 1 aromatic rings. The Balaban J connectivity index is 2.08. The zero-order chi connectivity index (χ0) is 10.7. The summed E-state index contributed by atoms with van der Waals surface area (Å²) in [5.41, 5.74) is 7.95. The third-order valence-corrected chi connectivity index (χ3v) is 3.56. The Labute approximate surface area is 95.1 Å². The van der Waals surface area contributed by atoms with Crippen LogP contribution < -0.4 is 10.6 Å². The Kier molecular flexibility index (Phi) is 3.49. The lowest BCUT2D eigenvalue weighted by molar-refractivity contribution is 0.776. The van der Waals surface area contributed by atoms with E-state index in [4.69, 9.17) is 5.73 Å². The van der Waals surface area contributed by atoms with E-state index in [9.17, 15) is 0 Å². The number of nitrogens with zero attached hydrogens (tertiary/aromatic N) is 2. The average Bonchev–Trinajstić information content (AvgIpc) is 2.30. The molecule has 0 spiro atoms. The highest BCUT2D eigenvalue weighted by Gasteiger charge is 2.11. The molecular weight excluding hydrogens is 206 g/mol. The van der Waals surface area contributed by atoms with Crippen molar-refractivity contribution in [1.29, 1.82) is 0 Å². The van der Waals surface area contributed by atoms with Gasteiger partial charge in [0.2, 0.25) is 0 Å². The van der Waals surface area contributed by atoms with E-state index in [0.717, 1.165) is 18.8 Å². The minimum absolute atomic E-state index is 0.0240. The molecule has 0 aromatic carbocycles. The molecular formula is C11H17N3S. The summed E-state index contributed by atoms with van der Waals surface area (Å²) in [5.74, 6) is 2.43. The van der Waals surface area contributed by atoms with Crippen LogP contribution in [0.15, 0.2) is 18.3 Å². The Morgan fingerprint density at radius 1 is 1.40 bits per heavy atom. The summed E-state index contributed by atoms with van der Waals surface area (Å²) in [6.07, 6.45) is 1.94. The first-order valence-electron chi connectivity index (χ1n) is 5.31. The van der Waals surface area contributed by atoms with Gasteiger partial charge in [0.05, 0.1) is 17.6 Å². The van der Waals surface area contributed by atoms with E-state index in [1.54, 1.807) is 0 Å². The SMILES string of the molecule is CC(N)c1ccc(N2CCSCC2)cn1. The fraction of sp³-hybridized carbons (Fsp3) is 0.545. The van der Waals surface area contributed by atoms with Gasteiger partial charge in [-0.25, -0.2) is 0 Å². The molecule has 0 saturated carbocycles. The lowest BCUT2D eigenvalue weighted by Gasteiger charge is -2.28. The van der Waals surface area contributed by atoms with Crippen LogP contribution in [0.25, 0.3) is 0 Å². The van der Waals surface area contributed by atoms with Crippen molar-refractivity contribution in [2.75, 3.05) is 29.5 Å². The van der Waals surface area contributed by atoms with Gasteiger partial charge < -0.3 is 10.6 Å². The molecule has 2 heterocycles. The van der Waals surface area contributed by atoms with Crippen LogP contribution in [0.4, 0.5) is 5.69 Å². The first kappa shape index (κ1) is 10.8. The molecule has 0 radical (unpaired) electrons. The fourth-order valence-corrected chi connectivity index (χ4v) is 2.58. The highest BCUT2D eigenvalue weighted by atomic mass is 32.2. The van der Waals surface area contributed by atoms with Gasteiger partial charge in [-0.3, -0.25) is 4.98 Å². The maximum Gasteiger partial charge on any atom is 0.0569 e. The van der Waals surface area contributed by atoms with Gasteiger partial charge in [-0.15, -0.1) is 0 Å². The minimum Gasteiger partial charge on any atom is -0.369 e. The van der Waals surface area contributed by atoms with E-state index in [-0.39, 0.29) is 6.04 Å². The molecule has 82 valence electrons. The number of rotatable bonds is 2. The number of hydrogen-bond donors (Lipinski definition) is 1. The van der Waals surface area contributed by atoms with Gasteiger partial charge in [0.1, 0.15) is 0 Å². The van der Waals surface area contributed by atoms with Gasteiger partial charge in [-0.05, 0) is 19.1 Å². The summed E-state index contributed by atoms with van der Waals surface area (Å²) >= 11 is 2.02. The Hall–Kier alpha value is -0.740. The molecule has 0 bridgehead atoms. The van der Waals surface area contributed by atoms with Crippen LogP contribution in [0.2, 0.25) is 0 Å². The quantitative estimate of drug-likeness (QED) is 0.828. The number of thioether (sulfide) groups is 1. The molecule has 4 heteroatoms. The van der Waals surface area contributed by atoms with E-state index >= 15 is 0 Å². The predicted molar refractivity (Wildman–Crippen MR) is 66.4 cm³/mol. The third kappa shape index (κ3) is 2.63. The molecule has 1 unspecified atom stereocenters. The summed E-state index contributed by atoms with van der Waals surface area (Å²) in [4.78, 5) is 6.76. The molecule has 0 amide bonds. The fourth-order valence-electron chi connectivity index (χ4n) is 1.68. The predicted octanol–water partition coefficient (Wildman–Crippen LogP) is 1.65. The molecule has 1 fully saturated rings. The molecule has 3 nitrogen and oxygen atoms in total. The van der Waals surface area contributed by atoms with Crippen molar-refractivity contribution in [2.24, 2.45) is 5.73 Å². The molecule has 1 atom stereocenters. The minimum atomic E-state index is 0.0240. The van der Waals surface area contributed by atoms with Gasteiger partial charge in [0, 0.05) is 30.6 Å². The molecule has 1 saturated heterocycles. The largest absolute Gasteiger partial charge is 0.369 e. The number of nitrogens with two attached hydrogens (primary N) is 1. The van der Waals surface area contributed by atoms with Crippen molar-refractivity contribution in [3.63, 3.8) is 0 Å². The molecule has 0 aliphatic carbocycles. The second kappa shape index (κ2) is 4.86. The van der Waals surface area contributed by atoms with Crippen molar-refractivity contribution in [1.82, 2.24) is 4.98 Å². The van der Waals surface area contributed by atoms with Gasteiger partial charge in [0.25, 0.3) is 0 Å². The van der Waals surface area contributed by atoms with Crippen LogP contribution in [0.3, 0.4) is 0 Å². The molecule has 2 N–H and O–H groups in total. The van der Waals surface area contributed by atoms with Crippen LogP contribution in [0.1, 0.15) is 18.7 Å². The molecule has 15 heavy (non-hydrogen) atoms. The van der Waals surface area contributed by atoms with Crippen molar-refractivity contribution in [3.05, 3.63) is 24.0 Å². The molecule has 1 aliphatic heterocycles. The maximum absolute atomic E-state index is 5.76. The summed E-state index contributed by atoms with van der Waals surface area (Å²) in [5, 5.41) is 0. The van der Waals surface area contributed by atoms with Gasteiger partial charge >= 0.3 is 0 Å². The first-order chi connectivity index (χ1) is 7.27. The molecule has 2 rings (SSSR count). The standard InChI is InChI=1S/C11H17N3S/c1-9(12)11-3-2-10(8-13-11)14-4-6-15-7-5-14/h2-3,8-9H,4-7,12H2,1H3. The van der Waals surface area contributed by atoms with Crippen LogP contribution in [-0.2, 0) is 0 Å². The average molecular weight is 223 g/mol. The normalized spacial score (nSPS) is 18.9. The molecule has 1 aliphatic rings. The summed E-state index contributed by atoms with van der Waals surface area (Å²) in [6.45, 7) is 4.22. The van der Waals surface area contributed by atoms with Crippen molar-refractivity contribution >= 4 is 17.4 Å². The topological polar surface area (TPSA) is 42.1 Å².